The van der Waals surface area contributed by atoms with Crippen molar-refractivity contribution < 1.29 is 42.1 Å². The Morgan fingerprint density at radius 3 is 1.02 bits per heavy atom. The van der Waals surface area contributed by atoms with Crippen molar-refractivity contribution in [2.45, 2.75) is 283 Å². The average molecular weight is 916 g/mol. The summed E-state index contributed by atoms with van der Waals surface area (Å²) < 4.78 is 34.1. The summed E-state index contributed by atoms with van der Waals surface area (Å²) in [5.41, 5.74) is 0. The van der Waals surface area contributed by atoms with Gasteiger partial charge in [0.25, 0.3) is 7.82 Å². The maximum absolute atomic E-state index is 12.8. The minimum Gasteiger partial charge on any atom is -0.756 e. The third kappa shape index (κ3) is 50.3. The van der Waals surface area contributed by atoms with Crippen molar-refractivity contribution in [3.8, 4) is 0 Å². The van der Waals surface area contributed by atoms with Gasteiger partial charge in [0.15, 0.2) is 6.10 Å². The van der Waals surface area contributed by atoms with Crippen molar-refractivity contribution in [1.29, 1.82) is 0 Å². The minimum atomic E-state index is -4.62. The van der Waals surface area contributed by atoms with Gasteiger partial charge in [0, 0.05) is 12.8 Å². The van der Waals surface area contributed by atoms with E-state index in [4.69, 9.17) is 18.5 Å². The molecule has 0 fully saturated rings. The Labute approximate surface area is 391 Å². The lowest BCUT2D eigenvalue weighted by Gasteiger charge is -2.28. The first-order valence-corrected chi connectivity index (χ1v) is 28.7. The first-order valence-electron chi connectivity index (χ1n) is 27.2. The molecule has 0 radical (unpaired) electrons. The monoisotopic (exact) mass is 916 g/mol. The maximum atomic E-state index is 12.8. The molecule has 376 valence electrons. The molecular weight excluding hydrogens is 810 g/mol. The second kappa shape index (κ2) is 46.1. The molecule has 0 heterocycles. The fourth-order valence-electron chi connectivity index (χ4n) is 8.13. The van der Waals surface area contributed by atoms with Crippen LogP contribution in [0.5, 0.6) is 0 Å². The van der Waals surface area contributed by atoms with Crippen LogP contribution in [0.2, 0.25) is 0 Å². The molecule has 0 spiro atoms. The summed E-state index contributed by atoms with van der Waals surface area (Å²) in [6.45, 7) is 4.29. The van der Waals surface area contributed by atoms with Crippen LogP contribution in [0, 0.1) is 0 Å². The molecule has 0 aromatic carbocycles. The summed E-state index contributed by atoms with van der Waals surface area (Å²) in [5.74, 6) is -0.814. The third-order valence-corrected chi connectivity index (χ3v) is 13.3. The fraction of sp³-hybridized carbons (Fsp3) is 0.962. The topological polar surface area (TPSA) is 111 Å². The Kier molecular flexibility index (Phi) is 45.4. The van der Waals surface area contributed by atoms with Crippen molar-refractivity contribution in [3.05, 3.63) is 0 Å². The van der Waals surface area contributed by atoms with Crippen LogP contribution in [0.1, 0.15) is 277 Å². The van der Waals surface area contributed by atoms with Gasteiger partial charge in [-0.05, 0) is 12.8 Å². The summed E-state index contributed by atoms with van der Waals surface area (Å²) in [5, 5.41) is 0. The third-order valence-electron chi connectivity index (χ3n) is 12.4. The predicted octanol–water partition coefficient (Wildman–Crippen LogP) is 15.7. The molecule has 0 saturated carbocycles. The Balaban J connectivity index is 4.07. The van der Waals surface area contributed by atoms with E-state index in [1.807, 2.05) is 21.1 Å². The summed E-state index contributed by atoms with van der Waals surface area (Å²) in [6, 6.07) is 0. The second-order valence-corrected chi connectivity index (χ2v) is 21.4. The Hall–Kier alpha value is -0.990. The van der Waals surface area contributed by atoms with Crippen molar-refractivity contribution in [3.63, 3.8) is 0 Å². The Morgan fingerprint density at radius 1 is 0.429 bits per heavy atom. The number of carbonyl (C=O) groups is 2. The first-order chi connectivity index (χ1) is 30.5. The van der Waals surface area contributed by atoms with E-state index >= 15 is 0 Å². The minimum absolute atomic E-state index is 0.0253. The number of rotatable bonds is 51. The van der Waals surface area contributed by atoms with E-state index in [2.05, 4.69) is 13.8 Å². The van der Waals surface area contributed by atoms with Crippen molar-refractivity contribution in [1.82, 2.24) is 0 Å². The van der Waals surface area contributed by atoms with E-state index in [0.717, 1.165) is 32.1 Å². The van der Waals surface area contributed by atoms with E-state index in [1.165, 1.54) is 212 Å². The molecule has 10 heteroatoms. The van der Waals surface area contributed by atoms with Gasteiger partial charge in [0.05, 0.1) is 27.7 Å². The van der Waals surface area contributed by atoms with Crippen molar-refractivity contribution >= 4 is 19.8 Å². The largest absolute Gasteiger partial charge is 0.756 e. The quantitative estimate of drug-likeness (QED) is 0.0257. The van der Waals surface area contributed by atoms with Gasteiger partial charge in [0.2, 0.25) is 0 Å². The number of likely N-dealkylation sites (N-methyl/N-ethyl adjacent to an activating group) is 1. The molecule has 0 saturated heterocycles. The van der Waals surface area contributed by atoms with Gasteiger partial charge in [-0.1, -0.05) is 251 Å². The fourth-order valence-corrected chi connectivity index (χ4v) is 8.86. The smallest absolute Gasteiger partial charge is 0.306 e. The highest BCUT2D eigenvalue weighted by atomic mass is 31.2. The lowest BCUT2D eigenvalue weighted by atomic mass is 10.0. The number of carbonyl (C=O) groups excluding carboxylic acids is 2. The molecule has 2 unspecified atom stereocenters. The molecule has 0 amide bonds. The number of hydrogen-bond donors (Lipinski definition) is 0. The van der Waals surface area contributed by atoms with Gasteiger partial charge >= 0.3 is 11.9 Å². The lowest BCUT2D eigenvalue weighted by Crippen LogP contribution is -2.37. The van der Waals surface area contributed by atoms with E-state index in [-0.39, 0.29) is 32.0 Å². The summed E-state index contributed by atoms with van der Waals surface area (Å²) in [6.07, 6.45) is 50.0. The summed E-state index contributed by atoms with van der Waals surface area (Å²) in [7, 11) is 1.19. The van der Waals surface area contributed by atoms with Gasteiger partial charge in [-0.3, -0.25) is 14.2 Å². The molecular formula is C53H106NO8P. The number of hydrogen-bond acceptors (Lipinski definition) is 8. The highest BCUT2D eigenvalue weighted by Gasteiger charge is 2.22. The SMILES string of the molecule is CCCCCCCCCCCCCCCCCCCCCCCCCCCCC(=O)OC(COC(=O)CCCCCCCCCCCCCCC)COP(=O)([O-])OCC[N+](C)(C)C. The molecule has 63 heavy (non-hydrogen) atoms. The molecule has 0 rings (SSSR count). The van der Waals surface area contributed by atoms with Gasteiger partial charge in [-0.2, -0.15) is 0 Å². The molecule has 0 aliphatic rings. The number of ether oxygens (including phenoxy) is 2. The molecule has 0 aromatic rings. The highest BCUT2D eigenvalue weighted by molar-refractivity contribution is 7.45. The van der Waals surface area contributed by atoms with E-state index in [1.54, 1.807) is 0 Å². The Bertz CT molecular complexity index is 1040. The van der Waals surface area contributed by atoms with E-state index in [9.17, 15) is 19.0 Å². The molecule has 0 aliphatic carbocycles. The van der Waals surface area contributed by atoms with Crippen LogP contribution in [0.4, 0.5) is 0 Å². The number of phosphoric acid groups is 1. The number of esters is 2. The van der Waals surface area contributed by atoms with Crippen LogP contribution in [0.15, 0.2) is 0 Å². The number of nitrogens with zero attached hydrogens (tertiary/aromatic N) is 1. The van der Waals surface area contributed by atoms with Crippen LogP contribution in [0.3, 0.4) is 0 Å². The second-order valence-electron chi connectivity index (χ2n) is 20.0. The Morgan fingerprint density at radius 2 is 0.714 bits per heavy atom. The summed E-state index contributed by atoms with van der Waals surface area (Å²) >= 11 is 0. The zero-order valence-corrected chi connectivity index (χ0v) is 43.5. The normalized spacial score (nSPS) is 13.3. The summed E-state index contributed by atoms with van der Waals surface area (Å²) in [4.78, 5) is 37.7. The number of unbranched alkanes of at least 4 members (excludes halogenated alkanes) is 37. The highest BCUT2D eigenvalue weighted by Crippen LogP contribution is 2.38. The van der Waals surface area contributed by atoms with Crippen LogP contribution in [-0.2, 0) is 32.7 Å². The molecule has 0 aromatic heterocycles. The van der Waals surface area contributed by atoms with Crippen LogP contribution < -0.4 is 4.89 Å². The maximum Gasteiger partial charge on any atom is 0.306 e. The number of quaternary nitrogens is 1. The van der Waals surface area contributed by atoms with Crippen LogP contribution in [-0.4, -0.2) is 70.0 Å². The zero-order valence-electron chi connectivity index (χ0n) is 42.6. The lowest BCUT2D eigenvalue weighted by molar-refractivity contribution is -0.870. The van der Waals surface area contributed by atoms with Crippen LogP contribution >= 0.6 is 7.82 Å². The average Bonchev–Trinajstić information content (AvgIpc) is 3.24. The van der Waals surface area contributed by atoms with Crippen molar-refractivity contribution in [2.24, 2.45) is 0 Å². The molecule has 0 bridgehead atoms. The molecule has 0 aliphatic heterocycles. The number of phosphoric ester groups is 1. The first kappa shape index (κ1) is 62.0. The molecule has 2 atom stereocenters. The van der Waals surface area contributed by atoms with E-state index < -0.39 is 26.5 Å². The molecule has 0 N–H and O–H groups in total. The van der Waals surface area contributed by atoms with Crippen molar-refractivity contribution in [2.75, 3.05) is 47.5 Å². The van der Waals surface area contributed by atoms with Crippen LogP contribution in [0.25, 0.3) is 0 Å². The standard InChI is InChI=1S/C53H106NO8P/c1-6-8-10-12-14-16-18-20-21-22-23-24-25-26-27-28-29-30-31-32-34-36-38-40-42-44-46-53(56)62-51(50-61-63(57,58)60-48-47-54(3,4)5)49-59-52(55)45-43-41-39-37-35-33-19-17-15-13-11-9-7-2/h51H,6-50H2,1-5H3. The predicted molar refractivity (Wildman–Crippen MR) is 264 cm³/mol. The molecule has 9 nitrogen and oxygen atoms in total. The van der Waals surface area contributed by atoms with Gasteiger partial charge < -0.3 is 27.9 Å². The van der Waals surface area contributed by atoms with Gasteiger partial charge in [0.1, 0.15) is 19.8 Å². The van der Waals surface area contributed by atoms with Gasteiger partial charge in [-0.25, -0.2) is 0 Å². The van der Waals surface area contributed by atoms with Gasteiger partial charge in [-0.15, -0.1) is 0 Å². The van der Waals surface area contributed by atoms with E-state index in [0.29, 0.717) is 17.4 Å². The zero-order chi connectivity index (χ0) is 46.4.